The van der Waals surface area contributed by atoms with Gasteiger partial charge in [0.15, 0.2) is 17.5 Å². The van der Waals surface area contributed by atoms with Crippen LogP contribution < -0.4 is 9.80 Å². The highest BCUT2D eigenvalue weighted by atomic mass is 19.1. The standard InChI is InChI=1S/C27H23F2N5O3/c1-27(10-15-35)25(36)33(23-18-30-11-12-31-23)13-14-34(27)26(37)32(2)24-21(28)16-20(17-22(24)29)9-8-19-6-4-3-5-7-19/h3-7,11-12,15-18H,10,13-14H2,1-2H3. The lowest BCUT2D eigenvalue weighted by atomic mass is 9.91. The van der Waals surface area contributed by atoms with Gasteiger partial charge < -0.3 is 9.69 Å². The molecule has 0 N–H and O–H groups in total. The van der Waals surface area contributed by atoms with Crippen molar-refractivity contribution in [1.82, 2.24) is 14.9 Å². The first-order valence-corrected chi connectivity index (χ1v) is 11.4. The Morgan fingerprint density at radius 2 is 1.78 bits per heavy atom. The van der Waals surface area contributed by atoms with Crippen LogP contribution >= 0.6 is 0 Å². The molecule has 1 saturated heterocycles. The van der Waals surface area contributed by atoms with Crippen molar-refractivity contribution < 1.29 is 23.2 Å². The van der Waals surface area contributed by atoms with Crippen LogP contribution in [0, 0.1) is 23.5 Å². The summed E-state index contributed by atoms with van der Waals surface area (Å²) in [6, 6.07) is 10.2. The summed E-state index contributed by atoms with van der Waals surface area (Å²) in [5.74, 6) is 3.28. The van der Waals surface area contributed by atoms with Crippen molar-refractivity contribution in [2.24, 2.45) is 0 Å². The van der Waals surface area contributed by atoms with Crippen LogP contribution in [-0.4, -0.2) is 58.8 Å². The van der Waals surface area contributed by atoms with E-state index in [1.54, 1.807) is 24.3 Å². The molecule has 0 aliphatic carbocycles. The zero-order chi connectivity index (χ0) is 26.6. The highest BCUT2D eigenvalue weighted by Crippen LogP contribution is 2.32. The van der Waals surface area contributed by atoms with Gasteiger partial charge in [0.05, 0.1) is 6.20 Å². The lowest BCUT2D eigenvalue weighted by Gasteiger charge is -2.47. The molecule has 2 aromatic carbocycles. The van der Waals surface area contributed by atoms with E-state index in [0.29, 0.717) is 11.8 Å². The lowest BCUT2D eigenvalue weighted by molar-refractivity contribution is -0.133. The number of rotatable bonds is 4. The zero-order valence-electron chi connectivity index (χ0n) is 20.2. The summed E-state index contributed by atoms with van der Waals surface area (Å²) in [5.41, 5.74) is -1.41. The summed E-state index contributed by atoms with van der Waals surface area (Å²) in [5, 5.41) is 0. The Balaban J connectivity index is 1.61. The first-order valence-electron chi connectivity index (χ1n) is 11.4. The minimum atomic E-state index is -1.60. The number of carbonyl (C=O) groups excluding carboxylic acids is 3. The van der Waals surface area contributed by atoms with Crippen molar-refractivity contribution in [3.05, 3.63) is 83.8 Å². The molecule has 0 bridgehead atoms. The Bertz CT molecular complexity index is 1370. The molecule has 1 aliphatic heterocycles. The second-order valence-corrected chi connectivity index (χ2v) is 8.56. The average Bonchev–Trinajstić information content (AvgIpc) is 2.89. The predicted octanol–water partition coefficient (Wildman–Crippen LogP) is 3.41. The van der Waals surface area contributed by atoms with Crippen molar-refractivity contribution in [2.75, 3.05) is 29.9 Å². The van der Waals surface area contributed by atoms with Crippen molar-refractivity contribution in [3.63, 3.8) is 0 Å². The number of hydrogen-bond donors (Lipinski definition) is 0. The van der Waals surface area contributed by atoms with Crippen molar-refractivity contribution >= 4 is 29.7 Å². The predicted molar refractivity (Wildman–Crippen MR) is 133 cm³/mol. The Labute approximate surface area is 212 Å². The summed E-state index contributed by atoms with van der Waals surface area (Å²) >= 11 is 0. The number of nitrogens with zero attached hydrogens (tertiary/aromatic N) is 5. The molecule has 3 aromatic rings. The fourth-order valence-electron chi connectivity index (χ4n) is 4.17. The van der Waals surface area contributed by atoms with E-state index in [4.69, 9.17) is 0 Å². The zero-order valence-corrected chi connectivity index (χ0v) is 20.2. The summed E-state index contributed by atoms with van der Waals surface area (Å²) in [7, 11) is 1.21. The van der Waals surface area contributed by atoms with Crippen LogP contribution in [0.25, 0.3) is 0 Å². The van der Waals surface area contributed by atoms with Crippen LogP contribution in [0.1, 0.15) is 24.5 Å². The van der Waals surface area contributed by atoms with Gasteiger partial charge in [-0.15, -0.1) is 0 Å². The third-order valence-corrected chi connectivity index (χ3v) is 6.15. The van der Waals surface area contributed by atoms with Gasteiger partial charge in [0.1, 0.15) is 17.5 Å². The molecule has 4 rings (SSSR count). The third-order valence-electron chi connectivity index (χ3n) is 6.15. The van der Waals surface area contributed by atoms with E-state index in [1.165, 1.54) is 37.5 Å². The number of aromatic nitrogens is 2. The van der Waals surface area contributed by atoms with E-state index in [9.17, 15) is 14.4 Å². The number of amides is 3. The minimum absolute atomic E-state index is 0.000297. The Kier molecular flexibility index (Phi) is 7.25. The molecule has 0 radical (unpaired) electrons. The molecule has 1 atom stereocenters. The number of urea groups is 1. The van der Waals surface area contributed by atoms with Gasteiger partial charge in [-0.25, -0.2) is 18.6 Å². The molecule has 10 heteroatoms. The smallest absolute Gasteiger partial charge is 0.308 e. The average molecular weight is 504 g/mol. The van der Waals surface area contributed by atoms with Gasteiger partial charge in [0.25, 0.3) is 5.91 Å². The highest BCUT2D eigenvalue weighted by molar-refractivity contribution is 6.05. The van der Waals surface area contributed by atoms with Crippen molar-refractivity contribution in [3.8, 4) is 11.8 Å². The van der Waals surface area contributed by atoms with Crippen LogP contribution in [0.3, 0.4) is 0 Å². The molecular formula is C27H23F2N5O3. The number of anilines is 2. The van der Waals surface area contributed by atoms with Crippen LogP contribution in [0.4, 0.5) is 25.1 Å². The molecule has 3 amide bonds. The largest absolute Gasteiger partial charge is 0.325 e. The normalized spacial score (nSPS) is 17.1. The monoisotopic (exact) mass is 503 g/mol. The van der Waals surface area contributed by atoms with E-state index in [2.05, 4.69) is 21.8 Å². The summed E-state index contributed by atoms with van der Waals surface area (Å²) in [6.07, 6.45) is 4.48. The van der Waals surface area contributed by atoms with Crippen LogP contribution in [0.5, 0.6) is 0 Å². The van der Waals surface area contributed by atoms with Gasteiger partial charge in [0, 0.05) is 50.1 Å². The molecule has 1 fully saturated rings. The van der Waals surface area contributed by atoms with E-state index in [-0.39, 0.29) is 30.9 Å². The number of piperazine rings is 1. The topological polar surface area (TPSA) is 86.7 Å². The number of aldehydes is 1. The fraction of sp³-hybridized carbons (Fsp3) is 0.222. The quantitative estimate of drug-likeness (QED) is 0.402. The first kappa shape index (κ1) is 25.4. The van der Waals surface area contributed by atoms with Gasteiger partial charge >= 0.3 is 6.03 Å². The SMILES string of the molecule is CN(C(=O)N1CCN(c2cnccn2)C(=O)C1(C)CC=O)c1c(F)cc(C#Cc2ccccc2)cc1F. The number of carbonyl (C=O) groups is 3. The van der Waals surface area contributed by atoms with Gasteiger partial charge in [0.2, 0.25) is 0 Å². The maximum atomic E-state index is 15.0. The van der Waals surface area contributed by atoms with Crippen LogP contribution in [0.2, 0.25) is 0 Å². The third kappa shape index (κ3) is 5.02. The molecule has 0 spiro atoms. The van der Waals surface area contributed by atoms with Gasteiger partial charge in [-0.05, 0) is 31.2 Å². The maximum Gasteiger partial charge on any atom is 0.325 e. The molecule has 1 aliphatic rings. The Hall–Kier alpha value is -4.65. The van der Waals surface area contributed by atoms with Crippen molar-refractivity contribution in [1.29, 1.82) is 0 Å². The number of hydrogen-bond acceptors (Lipinski definition) is 5. The van der Waals surface area contributed by atoms with E-state index >= 15 is 8.78 Å². The molecule has 188 valence electrons. The Morgan fingerprint density at radius 3 is 2.41 bits per heavy atom. The summed E-state index contributed by atoms with van der Waals surface area (Å²) in [6.45, 7) is 1.50. The van der Waals surface area contributed by atoms with Crippen LogP contribution in [0.15, 0.2) is 61.1 Å². The summed E-state index contributed by atoms with van der Waals surface area (Å²) < 4.78 is 30.1. The minimum Gasteiger partial charge on any atom is -0.308 e. The Morgan fingerprint density at radius 1 is 1.11 bits per heavy atom. The van der Waals surface area contributed by atoms with E-state index in [0.717, 1.165) is 21.9 Å². The molecule has 1 aromatic heterocycles. The van der Waals surface area contributed by atoms with Crippen molar-refractivity contribution in [2.45, 2.75) is 18.9 Å². The molecule has 8 nitrogen and oxygen atoms in total. The molecule has 2 heterocycles. The van der Waals surface area contributed by atoms with Gasteiger partial charge in [-0.3, -0.25) is 19.6 Å². The second-order valence-electron chi connectivity index (χ2n) is 8.56. The van der Waals surface area contributed by atoms with Crippen LogP contribution in [-0.2, 0) is 9.59 Å². The fourth-order valence-corrected chi connectivity index (χ4v) is 4.17. The lowest BCUT2D eigenvalue weighted by Crippen LogP contribution is -2.68. The number of halogens is 2. The van der Waals surface area contributed by atoms with E-state index < -0.39 is 34.8 Å². The molecular weight excluding hydrogens is 480 g/mol. The molecule has 37 heavy (non-hydrogen) atoms. The van der Waals surface area contributed by atoms with Gasteiger partial charge in [-0.2, -0.15) is 0 Å². The highest BCUT2D eigenvalue weighted by Gasteiger charge is 2.49. The van der Waals surface area contributed by atoms with Gasteiger partial charge in [-0.1, -0.05) is 30.0 Å². The summed E-state index contributed by atoms with van der Waals surface area (Å²) in [4.78, 5) is 49.7. The molecule has 1 unspecified atom stereocenters. The maximum absolute atomic E-state index is 15.0. The molecule has 0 saturated carbocycles. The second kappa shape index (κ2) is 10.5. The number of benzene rings is 2. The van der Waals surface area contributed by atoms with E-state index in [1.807, 2.05) is 6.07 Å². The first-order chi connectivity index (χ1) is 17.8.